The number of carboxylic acid groups (broad SMARTS) is 1. The highest BCUT2D eigenvalue weighted by Gasteiger charge is 2.14. The highest BCUT2D eigenvalue weighted by molar-refractivity contribution is 7.13. The van der Waals surface area contributed by atoms with E-state index in [2.05, 4.69) is 14.5 Å². The standard InChI is InChI=1S/C9H11FNO2P/c10-7-3-1-6(2-4-7)5-8(11-14)9(12)13/h1-4,8,11H,5,14H2,(H,12,13). The normalized spacial score (nSPS) is 12.4. The van der Waals surface area contributed by atoms with Crippen molar-refractivity contribution in [2.24, 2.45) is 0 Å². The molecule has 0 radical (unpaired) electrons. The first kappa shape index (κ1) is 11.1. The SMILES string of the molecule is O=C(O)C(Cc1ccc(F)cc1)NP. The fourth-order valence-corrected chi connectivity index (χ4v) is 1.33. The van der Waals surface area contributed by atoms with E-state index in [0.717, 1.165) is 5.56 Å². The first-order valence-electron chi connectivity index (χ1n) is 4.07. The van der Waals surface area contributed by atoms with Crippen molar-refractivity contribution in [2.45, 2.75) is 12.5 Å². The summed E-state index contributed by atoms with van der Waals surface area (Å²) in [6, 6.07) is 5.12. The molecule has 0 saturated carbocycles. The van der Waals surface area contributed by atoms with Crippen LogP contribution in [-0.2, 0) is 11.2 Å². The van der Waals surface area contributed by atoms with Gasteiger partial charge in [0, 0.05) is 0 Å². The van der Waals surface area contributed by atoms with E-state index >= 15 is 0 Å². The fourth-order valence-electron chi connectivity index (χ4n) is 1.07. The molecule has 1 rings (SSSR count). The Bertz CT molecular complexity index is 315. The van der Waals surface area contributed by atoms with Crippen molar-refractivity contribution in [1.29, 1.82) is 0 Å². The van der Waals surface area contributed by atoms with E-state index in [9.17, 15) is 9.18 Å². The molecule has 0 bridgehead atoms. The number of carboxylic acids is 1. The molecule has 2 unspecified atom stereocenters. The van der Waals surface area contributed by atoms with Gasteiger partial charge in [0.2, 0.25) is 0 Å². The van der Waals surface area contributed by atoms with E-state index in [1.165, 1.54) is 12.1 Å². The molecule has 0 aliphatic carbocycles. The molecule has 5 heteroatoms. The number of rotatable bonds is 4. The third-order valence-electron chi connectivity index (χ3n) is 1.85. The summed E-state index contributed by atoms with van der Waals surface area (Å²) in [6.07, 6.45) is 0.332. The number of benzene rings is 1. The molecule has 14 heavy (non-hydrogen) atoms. The molecule has 2 atom stereocenters. The van der Waals surface area contributed by atoms with Crippen LogP contribution in [0.15, 0.2) is 24.3 Å². The van der Waals surface area contributed by atoms with Crippen molar-refractivity contribution in [3.05, 3.63) is 35.6 Å². The summed E-state index contributed by atoms with van der Waals surface area (Å²) in [6.45, 7) is 0. The average molecular weight is 215 g/mol. The van der Waals surface area contributed by atoms with E-state index in [1.807, 2.05) is 0 Å². The predicted octanol–water partition coefficient (Wildman–Crippen LogP) is 1.20. The van der Waals surface area contributed by atoms with Crippen molar-refractivity contribution in [3.8, 4) is 0 Å². The van der Waals surface area contributed by atoms with Gasteiger partial charge in [0.25, 0.3) is 0 Å². The summed E-state index contributed by atoms with van der Waals surface area (Å²) in [7, 11) is 2.16. The van der Waals surface area contributed by atoms with E-state index in [-0.39, 0.29) is 5.82 Å². The summed E-state index contributed by atoms with van der Waals surface area (Å²) < 4.78 is 12.5. The Hall–Kier alpha value is -0.990. The molecule has 0 spiro atoms. The minimum atomic E-state index is -0.927. The van der Waals surface area contributed by atoms with Crippen LogP contribution in [-0.4, -0.2) is 17.1 Å². The monoisotopic (exact) mass is 215 g/mol. The molecule has 0 aliphatic heterocycles. The molecule has 76 valence electrons. The zero-order valence-electron chi connectivity index (χ0n) is 7.40. The number of nitrogens with one attached hydrogen (secondary N) is 1. The van der Waals surface area contributed by atoms with Crippen LogP contribution >= 0.6 is 9.39 Å². The smallest absolute Gasteiger partial charge is 0.321 e. The lowest BCUT2D eigenvalue weighted by molar-refractivity contribution is -0.138. The lowest BCUT2D eigenvalue weighted by atomic mass is 10.1. The van der Waals surface area contributed by atoms with Gasteiger partial charge in [-0.15, -0.1) is 0 Å². The topological polar surface area (TPSA) is 49.3 Å². The average Bonchev–Trinajstić information content (AvgIpc) is 2.16. The van der Waals surface area contributed by atoms with Crippen LogP contribution in [0.5, 0.6) is 0 Å². The molecule has 0 aromatic heterocycles. The van der Waals surface area contributed by atoms with Crippen LogP contribution in [0.3, 0.4) is 0 Å². The van der Waals surface area contributed by atoms with Crippen LogP contribution in [0.25, 0.3) is 0 Å². The summed E-state index contributed by atoms with van der Waals surface area (Å²) in [5.41, 5.74) is 0.786. The second kappa shape index (κ2) is 5.03. The molecule has 0 aliphatic rings. The highest BCUT2D eigenvalue weighted by atomic mass is 31.0. The second-order valence-electron chi connectivity index (χ2n) is 2.89. The number of hydrogen-bond donors (Lipinski definition) is 2. The third-order valence-corrected chi connectivity index (χ3v) is 2.25. The maximum absolute atomic E-state index is 12.5. The molecule has 1 aromatic carbocycles. The van der Waals surface area contributed by atoms with Gasteiger partial charge >= 0.3 is 5.97 Å². The van der Waals surface area contributed by atoms with Crippen LogP contribution in [0, 0.1) is 5.82 Å². The van der Waals surface area contributed by atoms with E-state index in [1.54, 1.807) is 12.1 Å². The largest absolute Gasteiger partial charge is 0.480 e. The van der Waals surface area contributed by atoms with E-state index in [0.29, 0.717) is 6.42 Å². The van der Waals surface area contributed by atoms with Crippen LogP contribution < -0.4 is 5.09 Å². The summed E-state index contributed by atoms with van der Waals surface area (Å²) >= 11 is 0. The zero-order valence-corrected chi connectivity index (χ0v) is 8.56. The van der Waals surface area contributed by atoms with Gasteiger partial charge in [0.1, 0.15) is 11.9 Å². The third kappa shape index (κ3) is 3.05. The Balaban J connectivity index is 2.67. The highest BCUT2D eigenvalue weighted by Crippen LogP contribution is 2.06. The fraction of sp³-hybridized carbons (Fsp3) is 0.222. The summed E-state index contributed by atoms with van der Waals surface area (Å²) in [5, 5.41) is 11.3. The number of halogens is 1. The van der Waals surface area contributed by atoms with Crippen molar-refractivity contribution in [3.63, 3.8) is 0 Å². The molecule has 0 amide bonds. The van der Waals surface area contributed by atoms with Gasteiger partial charge in [-0.2, -0.15) is 0 Å². The minimum absolute atomic E-state index is 0.320. The van der Waals surface area contributed by atoms with Crippen molar-refractivity contribution in [2.75, 3.05) is 0 Å². The van der Waals surface area contributed by atoms with Gasteiger partial charge in [-0.25, -0.2) is 4.39 Å². The van der Waals surface area contributed by atoms with Gasteiger partial charge in [-0.1, -0.05) is 21.5 Å². The molecule has 3 nitrogen and oxygen atoms in total. The van der Waals surface area contributed by atoms with Gasteiger partial charge in [-0.3, -0.25) is 9.88 Å². The Morgan fingerprint density at radius 1 is 1.50 bits per heavy atom. The zero-order chi connectivity index (χ0) is 10.6. The molecule has 0 heterocycles. The van der Waals surface area contributed by atoms with Crippen LogP contribution in [0.1, 0.15) is 5.56 Å². The molecule has 0 fully saturated rings. The Kier molecular flexibility index (Phi) is 3.98. The van der Waals surface area contributed by atoms with Crippen LogP contribution in [0.4, 0.5) is 4.39 Å². The van der Waals surface area contributed by atoms with Gasteiger partial charge in [0.15, 0.2) is 0 Å². The van der Waals surface area contributed by atoms with Gasteiger partial charge in [-0.05, 0) is 24.1 Å². The second-order valence-corrected chi connectivity index (χ2v) is 3.22. The molecule has 0 saturated heterocycles. The lowest BCUT2D eigenvalue weighted by Crippen LogP contribution is -2.32. The van der Waals surface area contributed by atoms with E-state index < -0.39 is 12.0 Å². The van der Waals surface area contributed by atoms with Crippen molar-refractivity contribution in [1.82, 2.24) is 5.09 Å². The summed E-state index contributed by atoms with van der Waals surface area (Å²) in [4.78, 5) is 10.7. The Morgan fingerprint density at radius 3 is 2.50 bits per heavy atom. The molecular weight excluding hydrogens is 204 g/mol. The first-order chi connectivity index (χ1) is 6.63. The number of carbonyl (C=O) groups is 1. The molecular formula is C9H11FNO2P. The molecule has 2 N–H and O–H groups in total. The maximum Gasteiger partial charge on any atom is 0.321 e. The Morgan fingerprint density at radius 2 is 2.07 bits per heavy atom. The maximum atomic E-state index is 12.5. The lowest BCUT2D eigenvalue weighted by Gasteiger charge is -2.10. The number of hydrogen-bond acceptors (Lipinski definition) is 2. The van der Waals surface area contributed by atoms with Crippen LogP contribution in [0.2, 0.25) is 0 Å². The quantitative estimate of drug-likeness (QED) is 0.742. The van der Waals surface area contributed by atoms with Crippen molar-refractivity contribution >= 4 is 15.4 Å². The Labute approximate surface area is 83.6 Å². The predicted molar refractivity (Wildman–Crippen MR) is 54.4 cm³/mol. The number of aliphatic carboxylic acids is 1. The van der Waals surface area contributed by atoms with Crippen molar-refractivity contribution < 1.29 is 14.3 Å². The van der Waals surface area contributed by atoms with Gasteiger partial charge in [0.05, 0.1) is 0 Å². The van der Waals surface area contributed by atoms with Gasteiger partial charge < -0.3 is 5.11 Å². The minimum Gasteiger partial charge on any atom is -0.480 e. The first-order valence-corrected chi connectivity index (χ1v) is 4.64. The molecule has 1 aromatic rings. The summed E-state index contributed by atoms with van der Waals surface area (Å²) in [5.74, 6) is -1.25. The van der Waals surface area contributed by atoms with E-state index in [4.69, 9.17) is 5.11 Å².